The molecule has 1 aromatic carbocycles. The molecule has 0 amide bonds. The van der Waals surface area contributed by atoms with E-state index in [9.17, 15) is 4.79 Å². The first-order valence-corrected chi connectivity index (χ1v) is 6.08. The molecular weight excluding hydrogens is 244 g/mol. The Morgan fingerprint density at radius 2 is 2.32 bits per heavy atom. The number of carbonyl (C=O) groups is 1. The fraction of sp³-hybridized carbons (Fsp3) is 0.429. The molecule has 2 rings (SSSR count). The molecular formula is C14H16N2O3. The molecule has 1 saturated heterocycles. The first-order valence-electron chi connectivity index (χ1n) is 6.08. The number of hydrogen-bond donors (Lipinski definition) is 1. The highest BCUT2D eigenvalue weighted by Gasteiger charge is 2.39. The summed E-state index contributed by atoms with van der Waals surface area (Å²) in [7, 11) is 0. The van der Waals surface area contributed by atoms with Crippen LogP contribution in [0, 0.1) is 11.3 Å². The molecule has 1 aliphatic rings. The number of carboxylic acid groups (broad SMARTS) is 1. The van der Waals surface area contributed by atoms with Crippen LogP contribution in [0.15, 0.2) is 24.3 Å². The Kier molecular flexibility index (Phi) is 3.84. The van der Waals surface area contributed by atoms with Crippen molar-refractivity contribution >= 4 is 5.97 Å². The second-order valence-corrected chi connectivity index (χ2v) is 5.09. The lowest BCUT2D eigenvalue weighted by molar-refractivity contribution is -0.165. The maximum Gasteiger partial charge on any atom is 0.329 e. The van der Waals surface area contributed by atoms with E-state index in [-0.39, 0.29) is 12.2 Å². The minimum absolute atomic E-state index is 0.256. The summed E-state index contributed by atoms with van der Waals surface area (Å²) >= 11 is 0. The lowest BCUT2D eigenvalue weighted by Crippen LogP contribution is -2.61. The average molecular weight is 260 g/mol. The van der Waals surface area contributed by atoms with Gasteiger partial charge in [0.2, 0.25) is 0 Å². The summed E-state index contributed by atoms with van der Waals surface area (Å²) in [5.41, 5.74) is 1.37. The van der Waals surface area contributed by atoms with Gasteiger partial charge in [-0.3, -0.25) is 4.90 Å². The highest BCUT2D eigenvalue weighted by molar-refractivity contribution is 5.68. The number of likely N-dealkylation sites (tertiary alicyclic amines) is 1. The second kappa shape index (κ2) is 5.39. The van der Waals surface area contributed by atoms with Crippen molar-refractivity contribution in [1.82, 2.24) is 4.90 Å². The van der Waals surface area contributed by atoms with Crippen molar-refractivity contribution in [2.45, 2.75) is 19.1 Å². The third-order valence-corrected chi connectivity index (χ3v) is 3.12. The molecule has 1 aromatic rings. The van der Waals surface area contributed by atoms with Gasteiger partial charge in [-0.1, -0.05) is 12.1 Å². The Hall–Kier alpha value is -1.90. The highest BCUT2D eigenvalue weighted by Crippen LogP contribution is 2.26. The summed E-state index contributed by atoms with van der Waals surface area (Å²) in [6.45, 7) is 3.82. The first kappa shape index (κ1) is 13.5. The Labute approximate surface area is 112 Å². The Morgan fingerprint density at radius 3 is 2.95 bits per heavy atom. The molecule has 5 heteroatoms. The number of aliphatic carboxylic acids is 1. The predicted molar refractivity (Wildman–Crippen MR) is 68.4 cm³/mol. The van der Waals surface area contributed by atoms with Gasteiger partial charge in [0.25, 0.3) is 0 Å². The third kappa shape index (κ3) is 3.53. The lowest BCUT2D eigenvalue weighted by atomic mass is 9.95. The summed E-state index contributed by atoms with van der Waals surface area (Å²) in [6, 6.07) is 9.61. The van der Waals surface area contributed by atoms with E-state index in [2.05, 4.69) is 11.0 Å². The van der Waals surface area contributed by atoms with Crippen LogP contribution >= 0.6 is 0 Å². The zero-order valence-electron chi connectivity index (χ0n) is 10.8. The molecule has 0 spiro atoms. The Morgan fingerprint density at radius 1 is 1.58 bits per heavy atom. The molecule has 1 heterocycles. The predicted octanol–water partition coefficient (Wildman–Crippen LogP) is 1.23. The van der Waals surface area contributed by atoms with Gasteiger partial charge in [-0.15, -0.1) is 0 Å². The molecule has 0 bridgehead atoms. The first-order chi connectivity index (χ1) is 9.00. The molecule has 1 N–H and O–H groups in total. The number of rotatable bonds is 5. The molecule has 1 fully saturated rings. The SMILES string of the molecule is CC1(OCC(=O)O)CN(Cc2cccc(C#N)c2)C1. The number of carboxylic acids is 1. The monoisotopic (exact) mass is 260 g/mol. The van der Waals surface area contributed by atoms with Crippen molar-refractivity contribution in [2.24, 2.45) is 0 Å². The number of hydrogen-bond acceptors (Lipinski definition) is 4. The van der Waals surface area contributed by atoms with E-state index in [4.69, 9.17) is 15.1 Å². The van der Waals surface area contributed by atoms with Crippen LogP contribution in [-0.2, 0) is 16.1 Å². The molecule has 5 nitrogen and oxygen atoms in total. The molecule has 0 atom stereocenters. The van der Waals surface area contributed by atoms with Crippen LogP contribution in [0.2, 0.25) is 0 Å². The van der Waals surface area contributed by atoms with Crippen LogP contribution in [0.1, 0.15) is 18.1 Å². The summed E-state index contributed by atoms with van der Waals surface area (Å²) in [6.07, 6.45) is 0. The normalized spacial score (nSPS) is 17.5. The van der Waals surface area contributed by atoms with Gasteiger partial charge in [0.15, 0.2) is 0 Å². The quantitative estimate of drug-likeness (QED) is 0.862. The van der Waals surface area contributed by atoms with E-state index in [1.165, 1.54) is 0 Å². The molecule has 0 radical (unpaired) electrons. The molecule has 100 valence electrons. The van der Waals surface area contributed by atoms with E-state index in [0.29, 0.717) is 18.7 Å². The molecule has 0 aromatic heterocycles. The van der Waals surface area contributed by atoms with E-state index in [0.717, 1.165) is 12.1 Å². The molecule has 0 aliphatic carbocycles. The van der Waals surface area contributed by atoms with Crippen LogP contribution in [0.3, 0.4) is 0 Å². The molecule has 1 aliphatic heterocycles. The second-order valence-electron chi connectivity index (χ2n) is 5.09. The number of ether oxygens (including phenoxy) is 1. The van der Waals surface area contributed by atoms with E-state index in [1.54, 1.807) is 6.07 Å². The molecule has 19 heavy (non-hydrogen) atoms. The van der Waals surface area contributed by atoms with Crippen LogP contribution in [-0.4, -0.2) is 41.3 Å². The standard InChI is InChI=1S/C14H16N2O3/c1-14(19-8-13(17)18)9-16(10-14)7-12-4-2-3-11(5-12)6-15/h2-5H,7-10H2,1H3,(H,17,18). The van der Waals surface area contributed by atoms with Gasteiger partial charge in [-0.25, -0.2) is 4.79 Å². The summed E-state index contributed by atoms with van der Waals surface area (Å²) in [4.78, 5) is 12.6. The summed E-state index contributed by atoms with van der Waals surface area (Å²) in [5, 5.41) is 17.4. The van der Waals surface area contributed by atoms with Crippen LogP contribution in [0.4, 0.5) is 0 Å². The smallest absolute Gasteiger partial charge is 0.329 e. The van der Waals surface area contributed by atoms with Crippen molar-refractivity contribution in [3.63, 3.8) is 0 Å². The van der Waals surface area contributed by atoms with Gasteiger partial charge in [-0.2, -0.15) is 5.26 Å². The van der Waals surface area contributed by atoms with Gasteiger partial charge in [0.05, 0.1) is 17.2 Å². The topological polar surface area (TPSA) is 73.6 Å². The van der Waals surface area contributed by atoms with Crippen molar-refractivity contribution in [1.29, 1.82) is 5.26 Å². The van der Waals surface area contributed by atoms with Crippen molar-refractivity contribution in [2.75, 3.05) is 19.7 Å². The Balaban J connectivity index is 1.84. The van der Waals surface area contributed by atoms with Crippen molar-refractivity contribution in [3.05, 3.63) is 35.4 Å². The summed E-state index contributed by atoms with van der Waals surface area (Å²) < 4.78 is 5.35. The summed E-state index contributed by atoms with van der Waals surface area (Å²) in [5.74, 6) is -0.943. The Bertz CT molecular complexity index is 516. The third-order valence-electron chi connectivity index (χ3n) is 3.12. The highest BCUT2D eigenvalue weighted by atomic mass is 16.5. The zero-order valence-corrected chi connectivity index (χ0v) is 10.8. The van der Waals surface area contributed by atoms with Gasteiger partial charge in [0.1, 0.15) is 6.61 Å². The maximum atomic E-state index is 10.5. The molecule has 0 saturated carbocycles. The average Bonchev–Trinajstić information content (AvgIpc) is 2.35. The minimum Gasteiger partial charge on any atom is -0.480 e. The van der Waals surface area contributed by atoms with E-state index >= 15 is 0 Å². The zero-order chi connectivity index (χ0) is 13.9. The van der Waals surface area contributed by atoms with Gasteiger partial charge >= 0.3 is 5.97 Å². The largest absolute Gasteiger partial charge is 0.480 e. The van der Waals surface area contributed by atoms with Crippen molar-refractivity contribution in [3.8, 4) is 6.07 Å². The van der Waals surface area contributed by atoms with Crippen molar-refractivity contribution < 1.29 is 14.6 Å². The number of nitriles is 1. The van der Waals surface area contributed by atoms with Crippen LogP contribution in [0.25, 0.3) is 0 Å². The number of nitrogens with zero attached hydrogens (tertiary/aromatic N) is 2. The molecule has 0 unspecified atom stereocenters. The van der Waals surface area contributed by atoms with E-state index < -0.39 is 5.97 Å². The minimum atomic E-state index is -0.943. The van der Waals surface area contributed by atoms with Crippen LogP contribution in [0.5, 0.6) is 0 Å². The maximum absolute atomic E-state index is 10.5. The number of benzene rings is 1. The van der Waals surface area contributed by atoms with Gasteiger partial charge < -0.3 is 9.84 Å². The van der Waals surface area contributed by atoms with E-state index in [1.807, 2.05) is 25.1 Å². The fourth-order valence-electron chi connectivity index (χ4n) is 2.34. The van der Waals surface area contributed by atoms with Gasteiger partial charge in [-0.05, 0) is 24.6 Å². The lowest BCUT2D eigenvalue weighted by Gasteiger charge is -2.47. The van der Waals surface area contributed by atoms with Gasteiger partial charge in [0, 0.05) is 19.6 Å². The van der Waals surface area contributed by atoms with Crippen LogP contribution < -0.4 is 0 Å². The fourth-order valence-corrected chi connectivity index (χ4v) is 2.34.